The number of fused-ring (bicyclic) bond motifs is 1. The van der Waals surface area contributed by atoms with E-state index in [4.69, 9.17) is 14.2 Å². The van der Waals surface area contributed by atoms with Crippen LogP contribution in [0.5, 0.6) is 11.5 Å². The lowest BCUT2D eigenvalue weighted by atomic mass is 10.2. The first-order valence-electron chi connectivity index (χ1n) is 6.84. The van der Waals surface area contributed by atoms with Gasteiger partial charge in [0.05, 0.1) is 5.56 Å². The Hall–Kier alpha value is -2.61. The van der Waals surface area contributed by atoms with E-state index in [9.17, 15) is 14.0 Å². The van der Waals surface area contributed by atoms with E-state index in [0.29, 0.717) is 17.2 Å². The Morgan fingerprint density at radius 1 is 1.17 bits per heavy atom. The summed E-state index contributed by atoms with van der Waals surface area (Å²) >= 11 is 3.07. The Balaban J connectivity index is 1.56. The highest BCUT2D eigenvalue weighted by Crippen LogP contribution is 2.34. The van der Waals surface area contributed by atoms with Crippen molar-refractivity contribution < 1.29 is 28.2 Å². The maximum atomic E-state index is 13.0. The summed E-state index contributed by atoms with van der Waals surface area (Å²) in [7, 11) is 0. The Morgan fingerprint density at radius 2 is 1.96 bits per heavy atom. The molecule has 0 aromatic heterocycles. The van der Waals surface area contributed by atoms with Crippen LogP contribution in [0.25, 0.3) is 0 Å². The first-order valence-corrected chi connectivity index (χ1v) is 7.64. The molecule has 1 heterocycles. The maximum Gasteiger partial charge on any atom is 0.339 e. The third kappa shape index (κ3) is 3.65. The molecule has 0 saturated heterocycles. The summed E-state index contributed by atoms with van der Waals surface area (Å²) in [5, 5.41) is 2.58. The van der Waals surface area contributed by atoms with Crippen LogP contribution in [0.1, 0.15) is 10.4 Å². The molecule has 1 aliphatic heterocycles. The van der Waals surface area contributed by atoms with E-state index in [1.54, 1.807) is 18.2 Å². The van der Waals surface area contributed by atoms with Gasteiger partial charge >= 0.3 is 5.97 Å². The second kappa shape index (κ2) is 6.88. The van der Waals surface area contributed by atoms with Crippen LogP contribution in [-0.2, 0) is 9.53 Å². The minimum Gasteiger partial charge on any atom is -0.454 e. The number of carbonyl (C=O) groups excluding carboxylic acids is 2. The fraction of sp³-hybridized carbons (Fsp3) is 0.125. The third-order valence-corrected chi connectivity index (χ3v) is 3.80. The smallest absolute Gasteiger partial charge is 0.339 e. The number of benzene rings is 2. The van der Waals surface area contributed by atoms with Gasteiger partial charge in [-0.05, 0) is 46.3 Å². The molecule has 0 fully saturated rings. The highest BCUT2D eigenvalue weighted by molar-refractivity contribution is 9.10. The summed E-state index contributed by atoms with van der Waals surface area (Å²) in [6, 6.07) is 8.47. The maximum absolute atomic E-state index is 13.0. The number of hydrogen-bond donors (Lipinski definition) is 1. The van der Waals surface area contributed by atoms with Crippen LogP contribution < -0.4 is 14.8 Å². The molecule has 6 nitrogen and oxygen atoms in total. The van der Waals surface area contributed by atoms with Crippen LogP contribution in [0.15, 0.2) is 40.9 Å². The van der Waals surface area contributed by atoms with E-state index < -0.39 is 24.3 Å². The quantitative estimate of drug-likeness (QED) is 0.805. The lowest BCUT2D eigenvalue weighted by molar-refractivity contribution is -0.119. The third-order valence-electron chi connectivity index (χ3n) is 3.14. The second-order valence-electron chi connectivity index (χ2n) is 4.82. The monoisotopic (exact) mass is 395 g/mol. The molecule has 0 bridgehead atoms. The minimum absolute atomic E-state index is 0.132. The Bertz CT molecular complexity index is 811. The fourth-order valence-corrected chi connectivity index (χ4v) is 2.55. The number of esters is 1. The zero-order valence-corrected chi connectivity index (χ0v) is 13.8. The number of rotatable bonds is 4. The molecule has 1 amide bonds. The topological polar surface area (TPSA) is 73.9 Å². The van der Waals surface area contributed by atoms with Crippen molar-refractivity contribution in [2.45, 2.75) is 0 Å². The highest BCUT2D eigenvalue weighted by atomic mass is 79.9. The molecule has 2 aromatic rings. The molecule has 8 heteroatoms. The summed E-state index contributed by atoms with van der Waals surface area (Å²) in [5.74, 6) is -0.609. The average Bonchev–Trinajstić information content (AvgIpc) is 3.00. The molecule has 1 N–H and O–H groups in total. The first-order chi connectivity index (χ1) is 11.5. The molecule has 0 radical (unpaired) electrons. The van der Waals surface area contributed by atoms with E-state index >= 15 is 0 Å². The van der Waals surface area contributed by atoms with Crippen LogP contribution in [0.4, 0.5) is 10.1 Å². The van der Waals surface area contributed by atoms with Crippen LogP contribution in [-0.4, -0.2) is 25.3 Å². The predicted molar refractivity (Wildman–Crippen MR) is 85.6 cm³/mol. The van der Waals surface area contributed by atoms with Gasteiger partial charge in [0.2, 0.25) is 6.79 Å². The van der Waals surface area contributed by atoms with Crippen molar-refractivity contribution in [3.8, 4) is 11.5 Å². The lowest BCUT2D eigenvalue weighted by Crippen LogP contribution is -2.21. The molecule has 3 rings (SSSR count). The van der Waals surface area contributed by atoms with Gasteiger partial charge in [0.25, 0.3) is 5.91 Å². The zero-order valence-electron chi connectivity index (χ0n) is 12.2. The van der Waals surface area contributed by atoms with Gasteiger partial charge < -0.3 is 19.5 Å². The number of amides is 1. The molecule has 0 spiro atoms. The molecule has 24 heavy (non-hydrogen) atoms. The zero-order chi connectivity index (χ0) is 17.1. The molecular weight excluding hydrogens is 385 g/mol. The molecule has 1 aliphatic rings. The van der Waals surface area contributed by atoms with Crippen LogP contribution in [0, 0.1) is 5.82 Å². The van der Waals surface area contributed by atoms with Gasteiger partial charge in [-0.1, -0.05) is 0 Å². The van der Waals surface area contributed by atoms with E-state index in [1.165, 1.54) is 6.07 Å². The van der Waals surface area contributed by atoms with Crippen molar-refractivity contribution in [2.24, 2.45) is 0 Å². The number of ether oxygens (including phenoxy) is 3. The highest BCUT2D eigenvalue weighted by Gasteiger charge is 2.16. The van der Waals surface area contributed by atoms with Gasteiger partial charge in [-0.3, -0.25) is 4.79 Å². The SMILES string of the molecule is O=C(COC(=O)c1ccc(F)cc1Br)Nc1ccc2c(c1)OCO2. The van der Waals surface area contributed by atoms with Gasteiger partial charge in [-0.15, -0.1) is 0 Å². The summed E-state index contributed by atoms with van der Waals surface area (Å²) in [6.07, 6.45) is 0. The van der Waals surface area contributed by atoms with Crippen molar-refractivity contribution in [1.29, 1.82) is 0 Å². The van der Waals surface area contributed by atoms with Crippen LogP contribution in [0.3, 0.4) is 0 Å². The van der Waals surface area contributed by atoms with Crippen molar-refractivity contribution in [3.63, 3.8) is 0 Å². The van der Waals surface area contributed by atoms with Gasteiger partial charge in [0.15, 0.2) is 18.1 Å². The van der Waals surface area contributed by atoms with Crippen LogP contribution in [0.2, 0.25) is 0 Å². The summed E-state index contributed by atoms with van der Waals surface area (Å²) in [6.45, 7) is -0.339. The predicted octanol–water partition coefficient (Wildman–Crippen LogP) is 3.11. The average molecular weight is 396 g/mol. The van der Waals surface area contributed by atoms with E-state index in [2.05, 4.69) is 21.2 Å². The summed E-state index contributed by atoms with van der Waals surface area (Å²) in [4.78, 5) is 23.8. The second-order valence-corrected chi connectivity index (χ2v) is 5.67. The first kappa shape index (κ1) is 16.3. The molecule has 0 atom stereocenters. The lowest BCUT2D eigenvalue weighted by Gasteiger charge is -2.08. The van der Waals surface area contributed by atoms with Gasteiger partial charge in [-0.25, -0.2) is 9.18 Å². The molecular formula is C16H11BrFNO5. The summed E-state index contributed by atoms with van der Waals surface area (Å²) in [5.41, 5.74) is 0.621. The van der Waals surface area contributed by atoms with Gasteiger partial charge in [0.1, 0.15) is 5.82 Å². The number of anilines is 1. The number of hydrogen-bond acceptors (Lipinski definition) is 5. The molecule has 2 aromatic carbocycles. The van der Waals surface area contributed by atoms with Crippen molar-refractivity contribution in [2.75, 3.05) is 18.7 Å². The van der Waals surface area contributed by atoms with Crippen LogP contribution >= 0.6 is 15.9 Å². The molecule has 0 saturated carbocycles. The van der Waals surface area contributed by atoms with E-state index in [-0.39, 0.29) is 16.8 Å². The minimum atomic E-state index is -0.734. The Kier molecular flexibility index (Phi) is 4.66. The molecule has 124 valence electrons. The van der Waals surface area contributed by atoms with Crippen molar-refractivity contribution in [1.82, 2.24) is 0 Å². The van der Waals surface area contributed by atoms with Gasteiger partial charge in [0, 0.05) is 16.2 Å². The van der Waals surface area contributed by atoms with E-state index in [0.717, 1.165) is 12.1 Å². The summed E-state index contributed by atoms with van der Waals surface area (Å²) < 4.78 is 28.5. The molecule has 0 unspecified atom stereocenters. The van der Waals surface area contributed by atoms with E-state index in [1.807, 2.05) is 0 Å². The normalized spacial score (nSPS) is 11.9. The van der Waals surface area contributed by atoms with Gasteiger partial charge in [-0.2, -0.15) is 0 Å². The number of carbonyl (C=O) groups is 2. The largest absolute Gasteiger partial charge is 0.454 e. The Labute approximate surface area is 144 Å². The standard InChI is InChI=1S/C16H11BrFNO5/c17-12-5-9(18)1-3-11(12)16(21)22-7-15(20)19-10-2-4-13-14(6-10)24-8-23-13/h1-6H,7-8H2,(H,19,20). The number of halogens is 2. The number of nitrogens with one attached hydrogen (secondary N) is 1. The fourth-order valence-electron chi connectivity index (χ4n) is 2.04. The van der Waals surface area contributed by atoms with Crippen molar-refractivity contribution in [3.05, 3.63) is 52.3 Å². The Morgan fingerprint density at radius 3 is 2.75 bits per heavy atom. The van der Waals surface area contributed by atoms with Crippen molar-refractivity contribution >= 4 is 33.5 Å². The molecule has 0 aliphatic carbocycles.